The minimum absolute atomic E-state index is 0.298. The molecule has 0 aromatic heterocycles. The SMILES string of the molecule is CCOC(=O)Oc1ccc(Cl)cc1.CCONC=O. The molecule has 0 aliphatic rings. The molecule has 0 atom stereocenters. The van der Waals surface area contributed by atoms with E-state index >= 15 is 0 Å². The van der Waals surface area contributed by atoms with E-state index in [9.17, 15) is 9.59 Å². The second-order valence-corrected chi connectivity index (χ2v) is 3.34. The van der Waals surface area contributed by atoms with Gasteiger partial charge in [0, 0.05) is 5.02 Å². The topological polar surface area (TPSA) is 73.9 Å². The highest BCUT2D eigenvalue weighted by Gasteiger charge is 2.03. The molecule has 19 heavy (non-hydrogen) atoms. The van der Waals surface area contributed by atoms with E-state index < -0.39 is 6.16 Å². The summed E-state index contributed by atoms with van der Waals surface area (Å²) in [6.45, 7) is 4.31. The van der Waals surface area contributed by atoms with Crippen LogP contribution in [0.5, 0.6) is 5.75 Å². The number of carbonyl (C=O) groups is 2. The molecule has 1 amide bonds. The molecule has 7 heteroatoms. The maximum absolute atomic E-state index is 10.8. The van der Waals surface area contributed by atoms with Gasteiger partial charge in [0.25, 0.3) is 0 Å². The average molecular weight is 290 g/mol. The molecule has 1 N–H and O–H groups in total. The monoisotopic (exact) mass is 289 g/mol. The number of nitrogens with one attached hydrogen (secondary N) is 1. The molecule has 1 aromatic carbocycles. The lowest BCUT2D eigenvalue weighted by Gasteiger charge is -2.02. The van der Waals surface area contributed by atoms with Gasteiger partial charge in [-0.15, -0.1) is 0 Å². The van der Waals surface area contributed by atoms with Crippen molar-refractivity contribution in [2.45, 2.75) is 13.8 Å². The quantitative estimate of drug-likeness (QED) is 0.296. The summed E-state index contributed by atoms with van der Waals surface area (Å²) >= 11 is 5.64. The van der Waals surface area contributed by atoms with Gasteiger partial charge in [-0.2, -0.15) is 0 Å². The smallest absolute Gasteiger partial charge is 0.434 e. The van der Waals surface area contributed by atoms with Crippen LogP contribution in [-0.2, 0) is 14.4 Å². The first-order chi connectivity index (χ1) is 9.13. The van der Waals surface area contributed by atoms with E-state index in [-0.39, 0.29) is 0 Å². The maximum Gasteiger partial charge on any atom is 0.513 e. The highest BCUT2D eigenvalue weighted by molar-refractivity contribution is 6.30. The van der Waals surface area contributed by atoms with Gasteiger partial charge in [0.1, 0.15) is 5.75 Å². The van der Waals surface area contributed by atoms with Gasteiger partial charge in [0.05, 0.1) is 13.2 Å². The van der Waals surface area contributed by atoms with Crippen molar-refractivity contribution >= 4 is 24.2 Å². The van der Waals surface area contributed by atoms with E-state index in [2.05, 4.69) is 9.57 Å². The van der Waals surface area contributed by atoms with Gasteiger partial charge in [0.2, 0.25) is 6.41 Å². The fourth-order valence-electron chi connectivity index (χ4n) is 0.864. The maximum atomic E-state index is 10.8. The summed E-state index contributed by atoms with van der Waals surface area (Å²) in [5.74, 6) is 0.419. The number of hydrogen-bond acceptors (Lipinski definition) is 5. The van der Waals surface area contributed by atoms with E-state index in [0.29, 0.717) is 30.4 Å². The zero-order chi connectivity index (χ0) is 14.5. The lowest BCUT2D eigenvalue weighted by atomic mass is 10.3. The van der Waals surface area contributed by atoms with Gasteiger partial charge in [-0.1, -0.05) is 11.6 Å². The summed E-state index contributed by atoms with van der Waals surface area (Å²) in [5.41, 5.74) is 2.02. The number of hydroxylamine groups is 1. The van der Waals surface area contributed by atoms with Gasteiger partial charge in [-0.05, 0) is 38.1 Å². The Morgan fingerprint density at radius 3 is 2.32 bits per heavy atom. The number of ether oxygens (including phenoxy) is 2. The fraction of sp³-hybridized carbons (Fsp3) is 0.333. The number of hydrogen-bond donors (Lipinski definition) is 1. The van der Waals surface area contributed by atoms with Crippen LogP contribution in [0.3, 0.4) is 0 Å². The van der Waals surface area contributed by atoms with Gasteiger partial charge in [-0.25, -0.2) is 10.3 Å². The largest absolute Gasteiger partial charge is 0.513 e. The Labute approximate surface area is 116 Å². The highest BCUT2D eigenvalue weighted by atomic mass is 35.5. The molecule has 0 saturated heterocycles. The molecule has 0 unspecified atom stereocenters. The fourth-order valence-corrected chi connectivity index (χ4v) is 0.990. The van der Waals surface area contributed by atoms with E-state index in [1.807, 2.05) is 5.48 Å². The van der Waals surface area contributed by atoms with Gasteiger partial charge in [-0.3, -0.25) is 9.63 Å². The van der Waals surface area contributed by atoms with E-state index in [4.69, 9.17) is 16.3 Å². The summed E-state index contributed by atoms with van der Waals surface area (Å²) < 4.78 is 9.37. The zero-order valence-electron chi connectivity index (χ0n) is 10.7. The minimum Gasteiger partial charge on any atom is -0.434 e. The van der Waals surface area contributed by atoms with Crippen LogP contribution >= 0.6 is 11.6 Å². The molecule has 0 bridgehead atoms. The predicted octanol–water partition coefficient (Wildman–Crippen LogP) is 2.56. The molecular formula is C12H16ClNO5. The number of halogens is 1. The number of carbonyl (C=O) groups excluding carboxylic acids is 2. The van der Waals surface area contributed by atoms with Crippen molar-refractivity contribution in [1.29, 1.82) is 0 Å². The summed E-state index contributed by atoms with van der Waals surface area (Å²) in [6.07, 6.45) is -0.214. The van der Waals surface area contributed by atoms with Gasteiger partial charge >= 0.3 is 6.16 Å². The van der Waals surface area contributed by atoms with Crippen LogP contribution in [0.4, 0.5) is 4.79 Å². The van der Waals surface area contributed by atoms with Crippen molar-refractivity contribution in [3.63, 3.8) is 0 Å². The van der Waals surface area contributed by atoms with Crippen molar-refractivity contribution in [3.8, 4) is 5.75 Å². The summed E-state index contributed by atoms with van der Waals surface area (Å²) in [4.78, 5) is 24.5. The van der Waals surface area contributed by atoms with E-state index in [1.54, 1.807) is 38.1 Å². The molecule has 1 aromatic rings. The second-order valence-electron chi connectivity index (χ2n) is 2.91. The van der Waals surface area contributed by atoms with Crippen molar-refractivity contribution in [3.05, 3.63) is 29.3 Å². The summed E-state index contributed by atoms with van der Waals surface area (Å²) in [6, 6.07) is 6.46. The van der Waals surface area contributed by atoms with Gasteiger partial charge < -0.3 is 9.47 Å². The lowest BCUT2D eigenvalue weighted by Crippen LogP contribution is -2.10. The summed E-state index contributed by atoms with van der Waals surface area (Å²) in [7, 11) is 0. The Bertz CT molecular complexity index is 369. The molecule has 1 rings (SSSR count). The standard InChI is InChI=1S/C9H9ClO3.C3H7NO2/c1-2-12-9(11)13-8-5-3-7(10)4-6-8;1-2-6-4-3-5/h3-6H,2H2,1H3;3H,2H2,1H3,(H,4,5). The Kier molecular flexibility index (Phi) is 10.2. The molecule has 6 nitrogen and oxygen atoms in total. The van der Waals surface area contributed by atoms with Crippen LogP contribution in [0.2, 0.25) is 5.02 Å². The van der Waals surface area contributed by atoms with Crippen molar-refractivity contribution in [1.82, 2.24) is 5.48 Å². The van der Waals surface area contributed by atoms with Crippen LogP contribution in [-0.4, -0.2) is 25.8 Å². The first-order valence-corrected chi connectivity index (χ1v) is 5.92. The van der Waals surface area contributed by atoms with E-state index in [0.717, 1.165) is 0 Å². The number of amides is 1. The molecule has 0 heterocycles. The molecule has 0 aliphatic carbocycles. The average Bonchev–Trinajstić information content (AvgIpc) is 2.40. The predicted molar refractivity (Wildman–Crippen MR) is 69.9 cm³/mol. The first kappa shape index (κ1) is 17.2. The van der Waals surface area contributed by atoms with Crippen molar-refractivity contribution in [2.24, 2.45) is 0 Å². The Balaban J connectivity index is 0.000000459. The summed E-state index contributed by atoms with van der Waals surface area (Å²) in [5, 5.41) is 0.594. The van der Waals surface area contributed by atoms with Gasteiger partial charge in [0.15, 0.2) is 0 Å². The number of benzene rings is 1. The molecular weight excluding hydrogens is 274 g/mol. The minimum atomic E-state index is -0.704. The van der Waals surface area contributed by atoms with Crippen LogP contribution < -0.4 is 10.2 Å². The highest BCUT2D eigenvalue weighted by Crippen LogP contribution is 2.15. The third-order valence-electron chi connectivity index (χ3n) is 1.55. The second kappa shape index (κ2) is 11.3. The van der Waals surface area contributed by atoms with E-state index in [1.165, 1.54) is 0 Å². The number of rotatable bonds is 5. The molecule has 0 aliphatic heterocycles. The van der Waals surface area contributed by atoms with Crippen molar-refractivity contribution < 1.29 is 23.9 Å². The molecule has 0 fully saturated rings. The Morgan fingerprint density at radius 1 is 1.26 bits per heavy atom. The van der Waals surface area contributed by atoms with Crippen molar-refractivity contribution in [2.75, 3.05) is 13.2 Å². The molecule has 0 radical (unpaired) electrons. The van der Waals surface area contributed by atoms with Crippen LogP contribution in [0.25, 0.3) is 0 Å². The Hall–Kier alpha value is -1.79. The van der Waals surface area contributed by atoms with Crippen LogP contribution in [0.15, 0.2) is 24.3 Å². The Morgan fingerprint density at radius 2 is 1.89 bits per heavy atom. The third-order valence-corrected chi connectivity index (χ3v) is 1.80. The molecule has 0 spiro atoms. The zero-order valence-corrected chi connectivity index (χ0v) is 11.5. The third kappa shape index (κ3) is 9.87. The first-order valence-electron chi connectivity index (χ1n) is 5.55. The van der Waals surface area contributed by atoms with Crippen LogP contribution in [0, 0.1) is 0 Å². The van der Waals surface area contributed by atoms with Crippen LogP contribution in [0.1, 0.15) is 13.8 Å². The molecule has 106 valence electrons. The normalized spacial score (nSPS) is 8.79. The lowest BCUT2D eigenvalue weighted by molar-refractivity contribution is -0.120. The molecule has 0 saturated carbocycles.